The first-order chi connectivity index (χ1) is 10.7. The lowest BCUT2D eigenvalue weighted by Gasteiger charge is -2.12. The summed E-state index contributed by atoms with van der Waals surface area (Å²) in [6, 6.07) is 11.0. The lowest BCUT2D eigenvalue weighted by atomic mass is 10.2. The van der Waals surface area contributed by atoms with Gasteiger partial charge in [0.05, 0.1) is 14.2 Å². The standard InChI is InChI=1S/C17H18O4S/c1-19-15-8-12(10-18)4-6-14(15)21-11-13-5-7-17(22-3)16(9-13)20-2/h4-10H,11H2,1-3H3. The Hall–Kier alpha value is -2.14. The number of thioether (sulfide) groups is 1. The van der Waals surface area contributed by atoms with Crippen molar-refractivity contribution in [3.8, 4) is 17.2 Å². The Morgan fingerprint density at radius 3 is 2.41 bits per heavy atom. The summed E-state index contributed by atoms with van der Waals surface area (Å²) in [5, 5.41) is 0. The zero-order chi connectivity index (χ0) is 15.9. The molecule has 0 amide bonds. The summed E-state index contributed by atoms with van der Waals surface area (Å²) in [5.41, 5.74) is 1.55. The van der Waals surface area contributed by atoms with Gasteiger partial charge in [-0.05, 0) is 42.2 Å². The summed E-state index contributed by atoms with van der Waals surface area (Å²) >= 11 is 1.63. The number of ether oxygens (including phenoxy) is 3. The highest BCUT2D eigenvalue weighted by Crippen LogP contribution is 2.31. The first-order valence-corrected chi connectivity index (χ1v) is 7.91. The van der Waals surface area contributed by atoms with Crippen LogP contribution >= 0.6 is 11.8 Å². The Bertz CT molecular complexity index is 655. The number of methoxy groups -OCH3 is 2. The van der Waals surface area contributed by atoms with Crippen molar-refractivity contribution in [2.24, 2.45) is 0 Å². The van der Waals surface area contributed by atoms with Gasteiger partial charge >= 0.3 is 0 Å². The fraction of sp³-hybridized carbons (Fsp3) is 0.235. The molecule has 0 spiro atoms. The number of hydrogen-bond acceptors (Lipinski definition) is 5. The molecule has 0 fully saturated rings. The minimum absolute atomic E-state index is 0.391. The predicted octanol–water partition coefficient (Wildman–Crippen LogP) is 3.82. The molecule has 0 aromatic heterocycles. The van der Waals surface area contributed by atoms with Gasteiger partial charge in [-0.25, -0.2) is 0 Å². The minimum atomic E-state index is 0.391. The van der Waals surface area contributed by atoms with Crippen LogP contribution in [0.1, 0.15) is 15.9 Å². The van der Waals surface area contributed by atoms with Crippen LogP contribution in [0.25, 0.3) is 0 Å². The van der Waals surface area contributed by atoms with E-state index in [0.29, 0.717) is 23.7 Å². The third-order valence-corrected chi connectivity index (χ3v) is 3.94. The van der Waals surface area contributed by atoms with Crippen molar-refractivity contribution in [3.63, 3.8) is 0 Å². The molecule has 0 unspecified atom stereocenters. The van der Waals surface area contributed by atoms with E-state index in [0.717, 1.165) is 22.5 Å². The Morgan fingerprint density at radius 2 is 1.77 bits per heavy atom. The lowest BCUT2D eigenvalue weighted by Crippen LogP contribution is -1.99. The SMILES string of the molecule is COc1cc(C=O)ccc1OCc1ccc(SC)c(OC)c1. The third-order valence-electron chi connectivity index (χ3n) is 3.17. The van der Waals surface area contributed by atoms with E-state index < -0.39 is 0 Å². The number of benzene rings is 2. The lowest BCUT2D eigenvalue weighted by molar-refractivity contribution is 0.112. The van der Waals surface area contributed by atoms with Crippen molar-refractivity contribution in [1.29, 1.82) is 0 Å². The van der Waals surface area contributed by atoms with E-state index in [1.165, 1.54) is 0 Å². The van der Waals surface area contributed by atoms with Gasteiger partial charge in [-0.2, -0.15) is 0 Å². The molecule has 0 saturated heterocycles. The molecule has 2 rings (SSSR count). The molecular weight excluding hydrogens is 300 g/mol. The van der Waals surface area contributed by atoms with Crippen LogP contribution in [0, 0.1) is 0 Å². The molecule has 0 aliphatic rings. The predicted molar refractivity (Wildman–Crippen MR) is 87.5 cm³/mol. The minimum Gasteiger partial charge on any atom is -0.496 e. The van der Waals surface area contributed by atoms with Crippen LogP contribution in [0.5, 0.6) is 17.2 Å². The molecule has 2 aromatic rings. The third kappa shape index (κ3) is 3.74. The number of rotatable bonds is 7. The van der Waals surface area contributed by atoms with Crippen LogP contribution in [0.4, 0.5) is 0 Å². The largest absolute Gasteiger partial charge is 0.496 e. The summed E-state index contributed by atoms with van der Waals surface area (Å²) in [5.74, 6) is 1.97. The van der Waals surface area contributed by atoms with Crippen molar-refractivity contribution in [2.75, 3.05) is 20.5 Å². The monoisotopic (exact) mass is 318 g/mol. The topological polar surface area (TPSA) is 44.8 Å². The first kappa shape index (κ1) is 16.2. The highest BCUT2D eigenvalue weighted by atomic mass is 32.2. The number of carbonyl (C=O) groups excluding carboxylic acids is 1. The fourth-order valence-electron chi connectivity index (χ4n) is 2.01. The Morgan fingerprint density at radius 1 is 1.00 bits per heavy atom. The average Bonchev–Trinajstić information content (AvgIpc) is 2.59. The molecule has 116 valence electrons. The van der Waals surface area contributed by atoms with E-state index in [9.17, 15) is 4.79 Å². The molecule has 22 heavy (non-hydrogen) atoms. The van der Waals surface area contributed by atoms with Gasteiger partial charge < -0.3 is 14.2 Å². The molecule has 4 nitrogen and oxygen atoms in total. The van der Waals surface area contributed by atoms with Gasteiger partial charge in [0.2, 0.25) is 0 Å². The summed E-state index contributed by atoms with van der Waals surface area (Å²) in [4.78, 5) is 11.9. The van der Waals surface area contributed by atoms with Crippen LogP contribution < -0.4 is 14.2 Å². The van der Waals surface area contributed by atoms with Crippen molar-refractivity contribution in [3.05, 3.63) is 47.5 Å². The van der Waals surface area contributed by atoms with Gasteiger partial charge in [0.25, 0.3) is 0 Å². The highest BCUT2D eigenvalue weighted by molar-refractivity contribution is 7.98. The molecule has 0 aliphatic heterocycles. The quantitative estimate of drug-likeness (QED) is 0.573. The van der Waals surface area contributed by atoms with E-state index in [1.807, 2.05) is 24.5 Å². The fourth-order valence-corrected chi connectivity index (χ4v) is 2.56. The molecular formula is C17H18O4S. The zero-order valence-corrected chi connectivity index (χ0v) is 13.6. The van der Waals surface area contributed by atoms with Crippen molar-refractivity contribution in [1.82, 2.24) is 0 Å². The molecule has 2 aromatic carbocycles. The molecule has 0 atom stereocenters. The molecule has 0 bridgehead atoms. The van der Waals surface area contributed by atoms with Crippen LogP contribution in [0.2, 0.25) is 0 Å². The Kier molecular flexibility index (Phi) is 5.72. The van der Waals surface area contributed by atoms with E-state index in [2.05, 4.69) is 0 Å². The second kappa shape index (κ2) is 7.75. The maximum Gasteiger partial charge on any atom is 0.161 e. The van der Waals surface area contributed by atoms with E-state index >= 15 is 0 Å². The number of carbonyl (C=O) groups is 1. The number of hydrogen-bond donors (Lipinski definition) is 0. The van der Waals surface area contributed by atoms with Crippen LogP contribution in [0.15, 0.2) is 41.3 Å². The van der Waals surface area contributed by atoms with Gasteiger partial charge in [0.15, 0.2) is 11.5 Å². The van der Waals surface area contributed by atoms with E-state index in [1.54, 1.807) is 44.2 Å². The van der Waals surface area contributed by atoms with Crippen LogP contribution in [-0.2, 0) is 6.61 Å². The van der Waals surface area contributed by atoms with E-state index in [-0.39, 0.29) is 0 Å². The average molecular weight is 318 g/mol. The van der Waals surface area contributed by atoms with Crippen molar-refractivity contribution >= 4 is 18.0 Å². The van der Waals surface area contributed by atoms with Gasteiger partial charge in [-0.1, -0.05) is 6.07 Å². The Labute approximate surface area is 134 Å². The van der Waals surface area contributed by atoms with Crippen LogP contribution in [-0.4, -0.2) is 26.8 Å². The molecule has 0 heterocycles. The van der Waals surface area contributed by atoms with Gasteiger partial charge in [-0.15, -0.1) is 11.8 Å². The summed E-state index contributed by atoms with van der Waals surface area (Å²) in [7, 11) is 3.20. The molecule has 0 aliphatic carbocycles. The normalized spacial score (nSPS) is 10.1. The van der Waals surface area contributed by atoms with Gasteiger partial charge in [0, 0.05) is 10.5 Å². The van der Waals surface area contributed by atoms with Crippen LogP contribution in [0.3, 0.4) is 0 Å². The highest BCUT2D eigenvalue weighted by Gasteiger charge is 2.08. The smallest absolute Gasteiger partial charge is 0.161 e. The second-order valence-corrected chi connectivity index (χ2v) is 5.35. The maximum absolute atomic E-state index is 10.8. The molecule has 0 N–H and O–H groups in total. The second-order valence-electron chi connectivity index (χ2n) is 4.51. The Balaban J connectivity index is 2.14. The zero-order valence-electron chi connectivity index (χ0n) is 12.8. The van der Waals surface area contributed by atoms with Crippen molar-refractivity contribution in [2.45, 2.75) is 11.5 Å². The molecule has 5 heteroatoms. The molecule has 0 saturated carbocycles. The maximum atomic E-state index is 10.8. The van der Waals surface area contributed by atoms with E-state index in [4.69, 9.17) is 14.2 Å². The summed E-state index contributed by atoms with van der Waals surface area (Å²) in [6.07, 6.45) is 2.78. The summed E-state index contributed by atoms with van der Waals surface area (Å²) in [6.45, 7) is 0.391. The van der Waals surface area contributed by atoms with Crippen molar-refractivity contribution < 1.29 is 19.0 Å². The van der Waals surface area contributed by atoms with Gasteiger partial charge in [0.1, 0.15) is 18.6 Å². The number of aldehydes is 1. The summed E-state index contributed by atoms with van der Waals surface area (Å²) < 4.78 is 16.4. The molecule has 0 radical (unpaired) electrons. The van der Waals surface area contributed by atoms with Gasteiger partial charge in [-0.3, -0.25) is 4.79 Å². The first-order valence-electron chi connectivity index (χ1n) is 6.68.